The average Bonchev–Trinajstić information content (AvgIpc) is 2.43. The average molecular weight is 296 g/mol. The SMILES string of the molecule is Nc1cccc(OCCNc2ccc(C(F)(F)F)cc2)c1. The molecule has 0 bridgehead atoms. The summed E-state index contributed by atoms with van der Waals surface area (Å²) in [6.07, 6.45) is -4.31. The highest BCUT2D eigenvalue weighted by molar-refractivity contribution is 5.45. The zero-order chi connectivity index (χ0) is 15.3. The molecule has 0 atom stereocenters. The van der Waals surface area contributed by atoms with Gasteiger partial charge in [-0.2, -0.15) is 13.2 Å². The van der Waals surface area contributed by atoms with Crippen LogP contribution in [0.3, 0.4) is 0 Å². The van der Waals surface area contributed by atoms with Crippen molar-refractivity contribution in [2.24, 2.45) is 0 Å². The first-order chi connectivity index (χ1) is 9.95. The lowest BCUT2D eigenvalue weighted by Crippen LogP contribution is -2.12. The molecule has 0 saturated carbocycles. The van der Waals surface area contributed by atoms with Crippen LogP contribution in [0.5, 0.6) is 5.75 Å². The van der Waals surface area contributed by atoms with Gasteiger partial charge >= 0.3 is 6.18 Å². The van der Waals surface area contributed by atoms with Crippen molar-refractivity contribution >= 4 is 11.4 Å². The van der Waals surface area contributed by atoms with Gasteiger partial charge in [0, 0.05) is 24.0 Å². The molecule has 2 aromatic carbocycles. The lowest BCUT2D eigenvalue weighted by Gasteiger charge is -2.10. The van der Waals surface area contributed by atoms with E-state index in [0.717, 1.165) is 12.1 Å². The Bertz CT molecular complexity index is 582. The Balaban J connectivity index is 1.79. The summed E-state index contributed by atoms with van der Waals surface area (Å²) in [5.74, 6) is 0.657. The molecule has 0 amide bonds. The van der Waals surface area contributed by atoms with Gasteiger partial charge in [0.15, 0.2) is 0 Å². The minimum absolute atomic E-state index is 0.379. The predicted octanol–water partition coefficient (Wildman–Crippen LogP) is 3.78. The van der Waals surface area contributed by atoms with E-state index in [1.807, 2.05) is 0 Å². The second-order valence-electron chi connectivity index (χ2n) is 4.42. The molecule has 21 heavy (non-hydrogen) atoms. The maximum atomic E-state index is 12.4. The number of nitrogens with one attached hydrogen (secondary N) is 1. The van der Waals surface area contributed by atoms with E-state index in [4.69, 9.17) is 10.5 Å². The first kappa shape index (κ1) is 15.0. The van der Waals surface area contributed by atoms with Crippen LogP contribution in [0.1, 0.15) is 5.56 Å². The third-order valence-electron chi connectivity index (χ3n) is 2.77. The Kier molecular flexibility index (Phi) is 4.57. The highest BCUT2D eigenvalue weighted by Gasteiger charge is 2.29. The summed E-state index contributed by atoms with van der Waals surface area (Å²) in [7, 11) is 0. The van der Waals surface area contributed by atoms with E-state index in [-0.39, 0.29) is 0 Å². The summed E-state index contributed by atoms with van der Waals surface area (Å²) in [4.78, 5) is 0. The summed E-state index contributed by atoms with van der Waals surface area (Å²) >= 11 is 0. The van der Waals surface area contributed by atoms with Gasteiger partial charge in [-0.05, 0) is 36.4 Å². The van der Waals surface area contributed by atoms with Gasteiger partial charge in [-0.3, -0.25) is 0 Å². The van der Waals surface area contributed by atoms with Gasteiger partial charge in [0.2, 0.25) is 0 Å². The number of rotatable bonds is 5. The highest BCUT2D eigenvalue weighted by Crippen LogP contribution is 2.29. The smallest absolute Gasteiger partial charge is 0.416 e. The molecule has 112 valence electrons. The van der Waals surface area contributed by atoms with Crippen LogP contribution >= 0.6 is 0 Å². The number of benzene rings is 2. The van der Waals surface area contributed by atoms with Gasteiger partial charge < -0.3 is 15.8 Å². The van der Waals surface area contributed by atoms with Gasteiger partial charge in [-0.25, -0.2) is 0 Å². The van der Waals surface area contributed by atoms with Crippen LogP contribution in [0, 0.1) is 0 Å². The quantitative estimate of drug-likeness (QED) is 0.652. The third-order valence-corrected chi connectivity index (χ3v) is 2.77. The van der Waals surface area contributed by atoms with Crippen LogP contribution in [0.25, 0.3) is 0 Å². The lowest BCUT2D eigenvalue weighted by molar-refractivity contribution is -0.137. The Labute approximate surface area is 120 Å². The molecule has 0 aliphatic heterocycles. The number of anilines is 2. The van der Waals surface area contributed by atoms with Crippen molar-refractivity contribution in [3.05, 3.63) is 54.1 Å². The van der Waals surface area contributed by atoms with Crippen LogP contribution in [-0.2, 0) is 6.18 Å². The predicted molar refractivity (Wildman–Crippen MR) is 76.3 cm³/mol. The molecule has 0 aliphatic carbocycles. The standard InChI is InChI=1S/C15H15F3N2O/c16-15(17,18)11-4-6-13(7-5-11)20-8-9-21-14-3-1-2-12(19)10-14/h1-7,10,20H,8-9,19H2. The Morgan fingerprint density at radius 2 is 1.76 bits per heavy atom. The fourth-order valence-corrected chi connectivity index (χ4v) is 1.75. The molecule has 6 heteroatoms. The molecule has 0 aromatic heterocycles. The molecule has 0 spiro atoms. The molecule has 0 fully saturated rings. The van der Waals surface area contributed by atoms with Crippen molar-refractivity contribution in [2.75, 3.05) is 24.2 Å². The maximum absolute atomic E-state index is 12.4. The zero-order valence-corrected chi connectivity index (χ0v) is 11.2. The summed E-state index contributed by atoms with van der Waals surface area (Å²) in [6.45, 7) is 0.852. The van der Waals surface area contributed by atoms with E-state index < -0.39 is 11.7 Å². The largest absolute Gasteiger partial charge is 0.492 e. The monoisotopic (exact) mass is 296 g/mol. The Morgan fingerprint density at radius 3 is 2.38 bits per heavy atom. The number of alkyl halides is 3. The second kappa shape index (κ2) is 6.39. The maximum Gasteiger partial charge on any atom is 0.416 e. The fraction of sp³-hybridized carbons (Fsp3) is 0.200. The van der Waals surface area contributed by atoms with Gasteiger partial charge in [-0.1, -0.05) is 6.07 Å². The lowest BCUT2D eigenvalue weighted by atomic mass is 10.2. The van der Waals surface area contributed by atoms with Crippen molar-refractivity contribution in [1.29, 1.82) is 0 Å². The number of hydrogen-bond acceptors (Lipinski definition) is 3. The van der Waals surface area contributed by atoms with Gasteiger partial charge in [0.1, 0.15) is 12.4 Å². The first-order valence-corrected chi connectivity index (χ1v) is 6.34. The van der Waals surface area contributed by atoms with Gasteiger partial charge in [0.05, 0.1) is 5.56 Å². The molecule has 2 aromatic rings. The van der Waals surface area contributed by atoms with Crippen LogP contribution in [0.15, 0.2) is 48.5 Å². The molecular weight excluding hydrogens is 281 g/mol. The number of ether oxygens (including phenoxy) is 1. The van der Waals surface area contributed by atoms with Crippen molar-refractivity contribution < 1.29 is 17.9 Å². The van der Waals surface area contributed by atoms with E-state index in [1.54, 1.807) is 24.3 Å². The molecule has 3 N–H and O–H groups in total. The van der Waals surface area contributed by atoms with Gasteiger partial charge in [-0.15, -0.1) is 0 Å². The van der Waals surface area contributed by atoms with E-state index in [2.05, 4.69) is 5.32 Å². The molecule has 0 aliphatic rings. The van der Waals surface area contributed by atoms with Crippen molar-refractivity contribution in [3.63, 3.8) is 0 Å². The third kappa shape index (κ3) is 4.59. The minimum atomic E-state index is -4.31. The Hall–Kier alpha value is -2.37. The fourth-order valence-electron chi connectivity index (χ4n) is 1.75. The van der Waals surface area contributed by atoms with Crippen LogP contribution < -0.4 is 15.8 Å². The summed E-state index contributed by atoms with van der Waals surface area (Å²) in [6, 6.07) is 11.9. The van der Waals surface area contributed by atoms with E-state index in [0.29, 0.717) is 30.3 Å². The van der Waals surface area contributed by atoms with Crippen LogP contribution in [0.4, 0.5) is 24.5 Å². The normalized spacial score (nSPS) is 11.2. The number of hydrogen-bond donors (Lipinski definition) is 2. The van der Waals surface area contributed by atoms with Crippen LogP contribution in [-0.4, -0.2) is 13.2 Å². The van der Waals surface area contributed by atoms with E-state index in [1.165, 1.54) is 12.1 Å². The zero-order valence-electron chi connectivity index (χ0n) is 11.2. The van der Waals surface area contributed by atoms with Gasteiger partial charge in [0.25, 0.3) is 0 Å². The molecule has 0 unspecified atom stereocenters. The topological polar surface area (TPSA) is 47.3 Å². The van der Waals surface area contributed by atoms with Crippen molar-refractivity contribution in [2.45, 2.75) is 6.18 Å². The second-order valence-corrected chi connectivity index (χ2v) is 4.42. The van der Waals surface area contributed by atoms with Crippen molar-refractivity contribution in [1.82, 2.24) is 0 Å². The van der Waals surface area contributed by atoms with Crippen LogP contribution in [0.2, 0.25) is 0 Å². The molecule has 3 nitrogen and oxygen atoms in total. The number of halogens is 3. The van der Waals surface area contributed by atoms with Crippen molar-refractivity contribution in [3.8, 4) is 5.75 Å². The Morgan fingerprint density at radius 1 is 1.05 bits per heavy atom. The number of nitrogens with two attached hydrogens (primary N) is 1. The van der Waals surface area contributed by atoms with E-state index >= 15 is 0 Å². The summed E-state index contributed by atoms with van der Waals surface area (Å²) in [5.41, 5.74) is 6.18. The highest BCUT2D eigenvalue weighted by atomic mass is 19.4. The van der Waals surface area contributed by atoms with E-state index in [9.17, 15) is 13.2 Å². The summed E-state index contributed by atoms with van der Waals surface area (Å²) in [5, 5.41) is 2.98. The molecule has 0 radical (unpaired) electrons. The molecule has 2 rings (SSSR count). The minimum Gasteiger partial charge on any atom is -0.492 e. The molecular formula is C15H15F3N2O. The molecule has 0 heterocycles. The molecule has 0 saturated heterocycles. The number of nitrogen functional groups attached to an aromatic ring is 1. The summed E-state index contributed by atoms with van der Waals surface area (Å²) < 4.78 is 42.7. The first-order valence-electron chi connectivity index (χ1n) is 6.34.